The van der Waals surface area contributed by atoms with Crippen molar-refractivity contribution in [3.05, 3.63) is 46.7 Å². The van der Waals surface area contributed by atoms with Crippen molar-refractivity contribution in [2.45, 2.75) is 26.9 Å². The number of carbonyl (C=O) groups is 2. The van der Waals surface area contributed by atoms with Gasteiger partial charge in [0.25, 0.3) is 0 Å². The molecule has 8 heteroatoms. The Morgan fingerprint density at radius 2 is 1.81 bits per heavy atom. The average molecular weight is 442 g/mol. The van der Waals surface area contributed by atoms with Crippen LogP contribution in [0.5, 0.6) is 28.7 Å². The largest absolute Gasteiger partial charge is 0.493 e. The third-order valence-corrected chi connectivity index (χ3v) is 4.90. The van der Waals surface area contributed by atoms with Crippen molar-refractivity contribution in [3.63, 3.8) is 0 Å². The molecule has 8 nitrogen and oxygen atoms in total. The van der Waals surface area contributed by atoms with Crippen LogP contribution in [0.15, 0.2) is 30.0 Å². The first-order chi connectivity index (χ1) is 15.3. The van der Waals surface area contributed by atoms with Gasteiger partial charge in [-0.3, -0.25) is 4.79 Å². The number of methoxy groups -OCH3 is 3. The third-order valence-electron chi connectivity index (χ3n) is 4.90. The highest BCUT2D eigenvalue weighted by atomic mass is 16.6. The molecule has 0 spiro atoms. The SMILES string of the molecule is CCOC(=O)C(C)Oc1cc(C)c2c(c1)O/C(=C\c1ccc(OC)c(OC)c1OC)C2=O. The fraction of sp³-hybridized carbons (Fsp3) is 0.333. The smallest absolute Gasteiger partial charge is 0.347 e. The molecule has 1 aliphatic rings. The fourth-order valence-corrected chi connectivity index (χ4v) is 3.44. The van der Waals surface area contributed by atoms with E-state index in [2.05, 4.69) is 0 Å². The quantitative estimate of drug-likeness (QED) is 0.448. The molecule has 1 aliphatic heterocycles. The number of hydrogen-bond donors (Lipinski definition) is 0. The van der Waals surface area contributed by atoms with Crippen molar-refractivity contribution < 1.29 is 38.0 Å². The molecule has 0 saturated heterocycles. The summed E-state index contributed by atoms with van der Waals surface area (Å²) >= 11 is 0. The van der Waals surface area contributed by atoms with Crippen molar-refractivity contribution in [2.24, 2.45) is 0 Å². The van der Waals surface area contributed by atoms with Gasteiger partial charge in [0.1, 0.15) is 11.5 Å². The Morgan fingerprint density at radius 3 is 2.44 bits per heavy atom. The van der Waals surface area contributed by atoms with E-state index in [-0.39, 0.29) is 18.1 Å². The monoisotopic (exact) mass is 442 g/mol. The minimum absolute atomic E-state index is 0.129. The van der Waals surface area contributed by atoms with Crippen molar-refractivity contribution >= 4 is 17.8 Å². The lowest BCUT2D eigenvalue weighted by Gasteiger charge is -2.14. The fourth-order valence-electron chi connectivity index (χ4n) is 3.44. The van der Waals surface area contributed by atoms with Gasteiger partial charge in [0, 0.05) is 11.6 Å². The first-order valence-electron chi connectivity index (χ1n) is 10.1. The van der Waals surface area contributed by atoms with Gasteiger partial charge in [-0.05, 0) is 50.6 Å². The summed E-state index contributed by atoms with van der Waals surface area (Å²) < 4.78 is 32.7. The first kappa shape index (κ1) is 23.0. The molecular weight excluding hydrogens is 416 g/mol. The van der Waals surface area contributed by atoms with Gasteiger partial charge >= 0.3 is 5.97 Å². The Bertz CT molecular complexity index is 1070. The molecule has 2 aromatic carbocycles. The number of carbonyl (C=O) groups excluding carboxylic acids is 2. The number of ether oxygens (including phenoxy) is 6. The van der Waals surface area contributed by atoms with Gasteiger partial charge in [-0.15, -0.1) is 0 Å². The van der Waals surface area contributed by atoms with Crippen molar-refractivity contribution in [3.8, 4) is 28.7 Å². The van der Waals surface area contributed by atoms with E-state index >= 15 is 0 Å². The molecule has 0 N–H and O–H groups in total. The molecule has 0 aromatic heterocycles. The minimum Gasteiger partial charge on any atom is -0.493 e. The maximum Gasteiger partial charge on any atom is 0.347 e. The van der Waals surface area contributed by atoms with E-state index in [1.807, 2.05) is 0 Å². The predicted molar refractivity (Wildman–Crippen MR) is 117 cm³/mol. The average Bonchev–Trinajstić information content (AvgIpc) is 3.08. The van der Waals surface area contributed by atoms with Crippen LogP contribution < -0.4 is 23.7 Å². The number of rotatable bonds is 8. The molecule has 0 bridgehead atoms. The van der Waals surface area contributed by atoms with Crippen LogP contribution in [-0.4, -0.2) is 45.8 Å². The highest BCUT2D eigenvalue weighted by Gasteiger charge is 2.31. The zero-order valence-electron chi connectivity index (χ0n) is 18.9. The standard InChI is InChI=1S/C24H26O8/c1-7-30-24(26)14(3)31-16-10-13(2)20-18(12-16)32-19(21(20)25)11-15-8-9-17(27-4)23(29-6)22(15)28-5/h8-12,14H,7H2,1-6H3/b19-11-. The number of aryl methyl sites for hydroxylation is 1. The second-order valence-electron chi connectivity index (χ2n) is 6.99. The first-order valence-corrected chi connectivity index (χ1v) is 10.1. The van der Waals surface area contributed by atoms with Gasteiger partial charge in [0.15, 0.2) is 23.4 Å². The van der Waals surface area contributed by atoms with Crippen LogP contribution in [0, 0.1) is 6.92 Å². The van der Waals surface area contributed by atoms with Crippen molar-refractivity contribution in [2.75, 3.05) is 27.9 Å². The lowest BCUT2D eigenvalue weighted by atomic mass is 10.0. The Balaban J connectivity index is 1.94. The molecular formula is C24H26O8. The van der Waals surface area contributed by atoms with Crippen LogP contribution in [-0.2, 0) is 9.53 Å². The van der Waals surface area contributed by atoms with E-state index in [4.69, 9.17) is 28.4 Å². The van der Waals surface area contributed by atoms with E-state index in [0.717, 1.165) is 0 Å². The highest BCUT2D eigenvalue weighted by molar-refractivity contribution is 6.15. The molecule has 0 radical (unpaired) electrons. The number of esters is 1. The maximum absolute atomic E-state index is 13.0. The van der Waals surface area contributed by atoms with Gasteiger partial charge in [-0.2, -0.15) is 0 Å². The van der Waals surface area contributed by atoms with Gasteiger partial charge in [0.2, 0.25) is 11.5 Å². The summed E-state index contributed by atoms with van der Waals surface area (Å²) in [7, 11) is 4.54. The van der Waals surface area contributed by atoms with Crippen molar-refractivity contribution in [1.82, 2.24) is 0 Å². The Morgan fingerprint density at radius 1 is 1.09 bits per heavy atom. The van der Waals surface area contributed by atoms with Gasteiger partial charge in [0.05, 0.1) is 33.5 Å². The van der Waals surface area contributed by atoms with Crippen molar-refractivity contribution in [1.29, 1.82) is 0 Å². The molecule has 1 atom stereocenters. The van der Waals surface area contributed by atoms with Crippen LogP contribution in [0.1, 0.15) is 35.3 Å². The van der Waals surface area contributed by atoms with E-state index in [1.54, 1.807) is 51.1 Å². The van der Waals surface area contributed by atoms with Crippen LogP contribution in [0.3, 0.4) is 0 Å². The summed E-state index contributed by atoms with van der Waals surface area (Å²) in [4.78, 5) is 24.9. The molecule has 0 saturated carbocycles. The predicted octanol–water partition coefficient (Wildman–Crippen LogP) is 3.97. The lowest BCUT2D eigenvalue weighted by Crippen LogP contribution is -2.26. The zero-order chi connectivity index (χ0) is 23.4. The number of allylic oxidation sites excluding steroid dienone is 1. The Hall–Kier alpha value is -3.68. The summed E-state index contributed by atoms with van der Waals surface area (Å²) in [6, 6.07) is 6.74. The molecule has 3 rings (SSSR count). The molecule has 0 amide bonds. The third kappa shape index (κ3) is 4.34. The van der Waals surface area contributed by atoms with Crippen LogP contribution in [0.2, 0.25) is 0 Å². The van der Waals surface area contributed by atoms with E-state index < -0.39 is 12.1 Å². The number of benzene rings is 2. The van der Waals surface area contributed by atoms with Gasteiger partial charge < -0.3 is 28.4 Å². The molecule has 0 fully saturated rings. The van der Waals surface area contributed by atoms with E-state index in [0.29, 0.717) is 45.4 Å². The normalized spacial score (nSPS) is 14.4. The van der Waals surface area contributed by atoms with Gasteiger partial charge in [-0.25, -0.2) is 4.79 Å². The highest BCUT2D eigenvalue weighted by Crippen LogP contribution is 2.42. The minimum atomic E-state index is -0.796. The maximum atomic E-state index is 13.0. The zero-order valence-corrected chi connectivity index (χ0v) is 18.9. The Labute approximate surface area is 186 Å². The second-order valence-corrected chi connectivity index (χ2v) is 6.99. The summed E-state index contributed by atoms with van der Waals surface area (Å²) in [5.41, 5.74) is 1.69. The molecule has 2 aromatic rings. The molecule has 0 aliphatic carbocycles. The summed E-state index contributed by atoms with van der Waals surface area (Å²) in [5, 5.41) is 0. The van der Waals surface area contributed by atoms with Gasteiger partial charge in [-0.1, -0.05) is 0 Å². The topological polar surface area (TPSA) is 89.5 Å². The number of Topliss-reactive ketones (excluding diaryl/α,β-unsaturated/α-hetero) is 1. The van der Waals surface area contributed by atoms with Crippen LogP contribution >= 0.6 is 0 Å². The molecule has 170 valence electrons. The summed E-state index contributed by atoms with van der Waals surface area (Å²) in [6.07, 6.45) is 0.792. The number of ketones is 1. The summed E-state index contributed by atoms with van der Waals surface area (Å²) in [6.45, 7) is 5.37. The molecule has 32 heavy (non-hydrogen) atoms. The molecule has 1 unspecified atom stereocenters. The van der Waals surface area contributed by atoms with Crippen LogP contribution in [0.25, 0.3) is 6.08 Å². The van der Waals surface area contributed by atoms with Crippen LogP contribution in [0.4, 0.5) is 0 Å². The molecule has 1 heterocycles. The summed E-state index contributed by atoms with van der Waals surface area (Å²) in [5.74, 6) is 1.48. The number of fused-ring (bicyclic) bond motifs is 1. The number of hydrogen-bond acceptors (Lipinski definition) is 8. The lowest BCUT2D eigenvalue weighted by molar-refractivity contribution is -0.150. The van der Waals surface area contributed by atoms with E-state index in [1.165, 1.54) is 21.3 Å². The van der Waals surface area contributed by atoms with E-state index in [9.17, 15) is 9.59 Å². The second kappa shape index (κ2) is 9.64. The Kier molecular flexibility index (Phi) is 6.92.